The third-order valence-electron chi connectivity index (χ3n) is 5.38. The van der Waals surface area contributed by atoms with Crippen molar-refractivity contribution in [3.63, 3.8) is 0 Å². The van der Waals surface area contributed by atoms with Crippen LogP contribution in [0.15, 0.2) is 24.3 Å². The van der Waals surface area contributed by atoms with Gasteiger partial charge in [0.2, 0.25) is 5.91 Å². The van der Waals surface area contributed by atoms with Gasteiger partial charge in [0.1, 0.15) is 5.82 Å². The highest BCUT2D eigenvalue weighted by Gasteiger charge is 2.25. The van der Waals surface area contributed by atoms with Crippen LogP contribution in [-0.2, 0) is 4.79 Å². The molecule has 2 aliphatic rings. The van der Waals surface area contributed by atoms with Crippen molar-refractivity contribution < 1.29 is 9.18 Å². The smallest absolute Gasteiger partial charge is 0.223 e. The molecule has 1 aromatic carbocycles. The van der Waals surface area contributed by atoms with Crippen molar-refractivity contribution in [1.29, 1.82) is 0 Å². The van der Waals surface area contributed by atoms with E-state index in [-0.39, 0.29) is 23.7 Å². The third-order valence-corrected chi connectivity index (χ3v) is 5.38. The monoisotopic (exact) mass is 348 g/mol. The van der Waals surface area contributed by atoms with E-state index in [2.05, 4.69) is 15.1 Å². The Bertz CT molecular complexity index is 557. The van der Waals surface area contributed by atoms with Gasteiger partial charge in [0.25, 0.3) is 0 Å². The van der Waals surface area contributed by atoms with E-state index in [1.807, 2.05) is 12.1 Å². The molecule has 1 amide bonds. The Hall–Kier alpha value is -1.66. The van der Waals surface area contributed by atoms with Crippen LogP contribution in [0.1, 0.15) is 25.7 Å². The maximum atomic E-state index is 13.0. The minimum Gasteiger partial charge on any atom is -0.369 e. The van der Waals surface area contributed by atoms with E-state index in [0.717, 1.165) is 64.1 Å². The normalized spacial score (nSPS) is 25.0. The molecule has 25 heavy (non-hydrogen) atoms. The summed E-state index contributed by atoms with van der Waals surface area (Å²) >= 11 is 0. The molecule has 3 rings (SSSR count). The number of nitrogens with two attached hydrogens (primary N) is 1. The van der Waals surface area contributed by atoms with Gasteiger partial charge in [-0.1, -0.05) is 6.42 Å². The number of nitrogens with one attached hydrogen (secondary N) is 1. The number of piperazine rings is 1. The van der Waals surface area contributed by atoms with Gasteiger partial charge in [0, 0.05) is 56.9 Å². The van der Waals surface area contributed by atoms with Gasteiger partial charge in [-0.25, -0.2) is 4.39 Å². The van der Waals surface area contributed by atoms with Gasteiger partial charge in [-0.3, -0.25) is 9.69 Å². The lowest BCUT2D eigenvalue weighted by atomic mass is 9.85. The highest BCUT2D eigenvalue weighted by Crippen LogP contribution is 2.23. The second-order valence-electron chi connectivity index (χ2n) is 7.22. The summed E-state index contributed by atoms with van der Waals surface area (Å²) in [6.45, 7) is 5.35. The number of benzene rings is 1. The van der Waals surface area contributed by atoms with Gasteiger partial charge in [0.05, 0.1) is 0 Å². The molecular weight excluding hydrogens is 319 g/mol. The molecule has 1 aliphatic carbocycles. The quantitative estimate of drug-likeness (QED) is 0.848. The Labute approximate surface area is 149 Å². The largest absolute Gasteiger partial charge is 0.369 e. The van der Waals surface area contributed by atoms with Crippen molar-refractivity contribution in [2.75, 3.05) is 44.2 Å². The predicted molar refractivity (Wildman–Crippen MR) is 98.0 cm³/mol. The molecule has 6 heteroatoms. The summed E-state index contributed by atoms with van der Waals surface area (Å²) in [6.07, 6.45) is 3.89. The summed E-state index contributed by atoms with van der Waals surface area (Å²) in [4.78, 5) is 16.9. The number of nitrogens with zero attached hydrogens (tertiary/aromatic N) is 2. The maximum absolute atomic E-state index is 13.0. The minimum atomic E-state index is -0.197. The van der Waals surface area contributed by atoms with Crippen LogP contribution in [0.3, 0.4) is 0 Å². The molecule has 1 heterocycles. The van der Waals surface area contributed by atoms with Crippen molar-refractivity contribution >= 4 is 11.6 Å². The highest BCUT2D eigenvalue weighted by atomic mass is 19.1. The van der Waals surface area contributed by atoms with E-state index in [1.165, 1.54) is 12.1 Å². The van der Waals surface area contributed by atoms with Crippen LogP contribution in [0.2, 0.25) is 0 Å². The lowest BCUT2D eigenvalue weighted by Gasteiger charge is -2.36. The summed E-state index contributed by atoms with van der Waals surface area (Å²) in [7, 11) is 0. The summed E-state index contributed by atoms with van der Waals surface area (Å²) in [5.41, 5.74) is 7.04. The molecule has 0 radical (unpaired) electrons. The first-order valence-corrected chi connectivity index (χ1v) is 9.38. The Morgan fingerprint density at radius 2 is 1.88 bits per heavy atom. The molecule has 3 N–H and O–H groups in total. The maximum Gasteiger partial charge on any atom is 0.223 e. The molecule has 0 aromatic heterocycles. The van der Waals surface area contributed by atoms with Crippen LogP contribution < -0.4 is 16.0 Å². The highest BCUT2D eigenvalue weighted by molar-refractivity contribution is 5.78. The van der Waals surface area contributed by atoms with Gasteiger partial charge in [-0.2, -0.15) is 0 Å². The van der Waals surface area contributed by atoms with E-state index >= 15 is 0 Å². The lowest BCUT2D eigenvalue weighted by Crippen LogP contribution is -2.49. The molecule has 1 aliphatic heterocycles. The van der Waals surface area contributed by atoms with Crippen molar-refractivity contribution in [2.45, 2.75) is 31.7 Å². The molecule has 5 nitrogen and oxygen atoms in total. The molecular formula is C19H29FN4O. The van der Waals surface area contributed by atoms with Crippen molar-refractivity contribution in [3.05, 3.63) is 30.1 Å². The molecule has 1 saturated heterocycles. The number of hydrogen-bond donors (Lipinski definition) is 2. The second-order valence-corrected chi connectivity index (χ2v) is 7.22. The van der Waals surface area contributed by atoms with Gasteiger partial charge >= 0.3 is 0 Å². The molecule has 0 bridgehead atoms. The first kappa shape index (κ1) is 18.1. The van der Waals surface area contributed by atoms with Crippen molar-refractivity contribution in [2.24, 2.45) is 11.7 Å². The van der Waals surface area contributed by atoms with Gasteiger partial charge < -0.3 is 16.0 Å². The van der Waals surface area contributed by atoms with Gasteiger partial charge in [0.15, 0.2) is 0 Å². The van der Waals surface area contributed by atoms with E-state index < -0.39 is 0 Å². The van der Waals surface area contributed by atoms with Crippen LogP contribution in [-0.4, -0.2) is 56.1 Å². The average molecular weight is 348 g/mol. The Kier molecular flexibility index (Phi) is 6.26. The molecule has 1 saturated carbocycles. The zero-order chi connectivity index (χ0) is 17.6. The fourth-order valence-electron chi connectivity index (χ4n) is 3.83. The third kappa shape index (κ3) is 5.16. The molecule has 0 spiro atoms. The SMILES string of the molecule is NC1CCCC(C(=O)NCCN2CCN(c3ccc(F)cc3)CC2)C1. The zero-order valence-electron chi connectivity index (χ0n) is 14.8. The van der Waals surface area contributed by atoms with Crippen LogP contribution in [0.25, 0.3) is 0 Å². The van der Waals surface area contributed by atoms with E-state index in [1.54, 1.807) is 0 Å². The fraction of sp³-hybridized carbons (Fsp3) is 0.632. The molecule has 2 unspecified atom stereocenters. The second kappa shape index (κ2) is 8.63. The van der Waals surface area contributed by atoms with Crippen LogP contribution in [0.5, 0.6) is 0 Å². The fourth-order valence-corrected chi connectivity index (χ4v) is 3.83. The number of anilines is 1. The zero-order valence-corrected chi connectivity index (χ0v) is 14.8. The Morgan fingerprint density at radius 1 is 1.16 bits per heavy atom. The summed E-state index contributed by atoms with van der Waals surface area (Å²) < 4.78 is 13.0. The first-order chi connectivity index (χ1) is 12.1. The van der Waals surface area contributed by atoms with E-state index in [0.29, 0.717) is 6.54 Å². The molecule has 138 valence electrons. The van der Waals surface area contributed by atoms with E-state index in [4.69, 9.17) is 5.73 Å². The summed E-state index contributed by atoms with van der Waals surface area (Å²) in [5, 5.41) is 3.08. The van der Waals surface area contributed by atoms with Gasteiger partial charge in [-0.05, 0) is 43.5 Å². The topological polar surface area (TPSA) is 61.6 Å². The lowest BCUT2D eigenvalue weighted by molar-refractivity contribution is -0.126. The number of rotatable bonds is 5. The minimum absolute atomic E-state index is 0.0964. The van der Waals surface area contributed by atoms with Crippen molar-refractivity contribution in [1.82, 2.24) is 10.2 Å². The number of hydrogen-bond acceptors (Lipinski definition) is 4. The number of halogens is 1. The Balaban J connectivity index is 1.35. The van der Waals surface area contributed by atoms with Crippen molar-refractivity contribution in [3.8, 4) is 0 Å². The first-order valence-electron chi connectivity index (χ1n) is 9.38. The number of amides is 1. The number of carbonyl (C=O) groups excluding carboxylic acids is 1. The molecule has 2 atom stereocenters. The van der Waals surface area contributed by atoms with Crippen LogP contribution in [0.4, 0.5) is 10.1 Å². The van der Waals surface area contributed by atoms with Gasteiger partial charge in [-0.15, -0.1) is 0 Å². The van der Waals surface area contributed by atoms with Crippen LogP contribution in [0, 0.1) is 11.7 Å². The standard InChI is InChI=1S/C19H29FN4O/c20-16-4-6-18(7-5-16)24-12-10-23(11-13-24)9-8-22-19(25)15-2-1-3-17(21)14-15/h4-7,15,17H,1-3,8-14,21H2,(H,22,25). The van der Waals surface area contributed by atoms with Crippen LogP contribution >= 0.6 is 0 Å². The summed E-state index contributed by atoms with van der Waals surface area (Å²) in [5.74, 6) is 0.0659. The summed E-state index contributed by atoms with van der Waals surface area (Å²) in [6, 6.07) is 6.87. The molecule has 2 fully saturated rings. The average Bonchev–Trinajstić information content (AvgIpc) is 2.63. The Morgan fingerprint density at radius 3 is 2.56 bits per heavy atom. The van der Waals surface area contributed by atoms with E-state index in [9.17, 15) is 9.18 Å². The molecule has 1 aromatic rings. The predicted octanol–water partition coefficient (Wildman–Crippen LogP) is 1.58. The number of carbonyl (C=O) groups is 1.